The average molecular weight is 1180 g/mol. The smallest absolute Gasteiger partial charge is 0.306 e. The van der Waals surface area contributed by atoms with Gasteiger partial charge in [0.1, 0.15) is 6.61 Å². The van der Waals surface area contributed by atoms with Gasteiger partial charge in [-0.1, -0.05) is 409 Å². The molecule has 0 saturated carbocycles. The molecule has 0 aliphatic heterocycles. The molecule has 1 N–H and O–H groups in total. The summed E-state index contributed by atoms with van der Waals surface area (Å²) < 4.78 is 10.8. The molecule has 0 saturated heterocycles. The highest BCUT2D eigenvalue weighted by molar-refractivity contribution is 5.70. The fourth-order valence-corrected chi connectivity index (χ4v) is 12.0. The van der Waals surface area contributed by atoms with Crippen molar-refractivity contribution in [2.45, 2.75) is 431 Å². The first-order chi connectivity index (χ1) is 41.6. The highest BCUT2D eigenvalue weighted by atomic mass is 16.6. The number of rotatable bonds is 72. The van der Waals surface area contributed by atoms with E-state index in [-0.39, 0.29) is 25.2 Å². The van der Waals surface area contributed by atoms with Gasteiger partial charge < -0.3 is 14.6 Å². The minimum Gasteiger partial charge on any atom is -0.462 e. The number of aliphatic hydroxyl groups is 1. The van der Waals surface area contributed by atoms with E-state index in [2.05, 4.69) is 62.5 Å². The largest absolute Gasteiger partial charge is 0.462 e. The number of hydrogen-bond donors (Lipinski definition) is 1. The van der Waals surface area contributed by atoms with Crippen LogP contribution in [0.25, 0.3) is 0 Å². The van der Waals surface area contributed by atoms with Gasteiger partial charge in [-0.15, -0.1) is 0 Å². The zero-order chi connectivity index (χ0) is 60.5. The zero-order valence-corrected chi connectivity index (χ0v) is 56.9. The molecule has 0 spiro atoms. The quantitative estimate of drug-likeness (QED) is 0.0373. The van der Waals surface area contributed by atoms with Gasteiger partial charge in [0.25, 0.3) is 0 Å². The summed E-state index contributed by atoms with van der Waals surface area (Å²) in [7, 11) is 0. The van der Waals surface area contributed by atoms with E-state index >= 15 is 0 Å². The van der Waals surface area contributed by atoms with Crippen LogP contribution in [-0.2, 0) is 19.1 Å². The van der Waals surface area contributed by atoms with Crippen LogP contribution >= 0.6 is 0 Å². The predicted molar refractivity (Wildman–Crippen MR) is 371 cm³/mol. The van der Waals surface area contributed by atoms with Crippen LogP contribution in [0.15, 0.2) is 48.6 Å². The molecule has 1 atom stereocenters. The number of esters is 2. The van der Waals surface area contributed by atoms with Crippen LogP contribution in [-0.4, -0.2) is 36.4 Å². The third-order valence-electron chi connectivity index (χ3n) is 17.6. The molecule has 84 heavy (non-hydrogen) atoms. The molecular weight excluding hydrogens is 1030 g/mol. The molecule has 1 unspecified atom stereocenters. The van der Waals surface area contributed by atoms with Crippen LogP contribution in [0.1, 0.15) is 425 Å². The number of ether oxygens (including phenoxy) is 2. The van der Waals surface area contributed by atoms with Crippen LogP contribution in [0.4, 0.5) is 0 Å². The Morgan fingerprint density at radius 3 is 0.774 bits per heavy atom. The monoisotopic (exact) mass is 1180 g/mol. The summed E-state index contributed by atoms with van der Waals surface area (Å²) in [6, 6.07) is 0. The van der Waals surface area contributed by atoms with E-state index in [1.807, 2.05) is 0 Å². The number of carbonyl (C=O) groups is 2. The fourth-order valence-electron chi connectivity index (χ4n) is 12.0. The van der Waals surface area contributed by atoms with Crippen LogP contribution in [0.5, 0.6) is 0 Å². The lowest BCUT2D eigenvalue weighted by atomic mass is 10.0. The molecule has 0 bridgehead atoms. The maximum Gasteiger partial charge on any atom is 0.306 e. The van der Waals surface area contributed by atoms with Crippen LogP contribution in [0, 0.1) is 0 Å². The van der Waals surface area contributed by atoms with Crippen molar-refractivity contribution in [2.24, 2.45) is 0 Å². The third-order valence-corrected chi connectivity index (χ3v) is 17.6. The number of hydrogen-bond acceptors (Lipinski definition) is 5. The fraction of sp³-hybridized carbons (Fsp3) is 0.873. The van der Waals surface area contributed by atoms with E-state index in [9.17, 15) is 14.7 Å². The van der Waals surface area contributed by atoms with Crippen molar-refractivity contribution >= 4 is 11.9 Å². The number of unbranched alkanes of at least 4 members (excludes halogenated alkanes) is 56. The second-order valence-corrected chi connectivity index (χ2v) is 26.1. The topological polar surface area (TPSA) is 72.8 Å². The van der Waals surface area contributed by atoms with Crippen molar-refractivity contribution in [3.63, 3.8) is 0 Å². The Bertz CT molecular complexity index is 1380. The van der Waals surface area contributed by atoms with Crippen molar-refractivity contribution in [3.8, 4) is 0 Å². The summed E-state index contributed by atoms with van der Waals surface area (Å²) in [6.45, 7) is 4.10. The molecule has 0 amide bonds. The molecular formula is C79H148O5. The molecule has 5 heteroatoms. The van der Waals surface area contributed by atoms with E-state index in [0.29, 0.717) is 12.8 Å². The van der Waals surface area contributed by atoms with E-state index in [0.717, 1.165) is 57.8 Å². The van der Waals surface area contributed by atoms with Crippen LogP contribution < -0.4 is 0 Å². The van der Waals surface area contributed by atoms with Crippen molar-refractivity contribution in [1.29, 1.82) is 0 Å². The summed E-state index contributed by atoms with van der Waals surface area (Å²) in [5.74, 6) is -0.562. The van der Waals surface area contributed by atoms with Gasteiger partial charge >= 0.3 is 11.9 Å². The van der Waals surface area contributed by atoms with E-state index in [1.54, 1.807) is 0 Å². The Morgan fingerprint density at radius 1 is 0.286 bits per heavy atom. The lowest BCUT2D eigenvalue weighted by Crippen LogP contribution is -2.28. The second kappa shape index (κ2) is 75.1. The standard InChI is InChI=1S/C79H148O5/c1-3-5-7-9-11-13-15-17-19-21-23-25-27-29-31-33-35-37-38-39-40-42-44-46-48-50-52-54-56-58-60-62-64-66-68-70-72-74-79(82)84-77(75-80)76-83-78(81)73-71-69-67-65-63-61-59-57-55-53-51-49-47-45-43-41-36-34-32-30-28-26-24-22-20-18-16-14-12-10-8-6-4-2/h5,7,11,13,17,19,23,25,77,80H,3-4,6,8-10,12,14-16,18,20-22,24,26-76H2,1-2H3/b7-5-,13-11-,19-17-,25-23-. The third kappa shape index (κ3) is 72.3. The van der Waals surface area contributed by atoms with Gasteiger partial charge in [-0.25, -0.2) is 0 Å². The van der Waals surface area contributed by atoms with Gasteiger partial charge in [0.15, 0.2) is 6.10 Å². The van der Waals surface area contributed by atoms with Gasteiger partial charge in [0.2, 0.25) is 0 Å². The number of allylic oxidation sites excluding steroid dienone is 8. The SMILES string of the molecule is CC/C=C\C/C=C\C/C=C\C/C=C\CCCCCCCCCCCCCCCCCCCCCCCCCCC(=O)OC(CO)COC(=O)CCCCCCCCCCCCCCCCCCCCCCCCCCCCCCCCCCC. The molecule has 0 aromatic carbocycles. The summed E-state index contributed by atoms with van der Waals surface area (Å²) in [5.41, 5.74) is 0. The number of aliphatic hydroxyl groups excluding tert-OH is 1. The molecule has 0 aliphatic carbocycles. The minimum atomic E-state index is -0.770. The zero-order valence-electron chi connectivity index (χ0n) is 56.9. The predicted octanol–water partition coefficient (Wildman–Crippen LogP) is 26.7. The van der Waals surface area contributed by atoms with Gasteiger partial charge in [0, 0.05) is 12.8 Å². The molecule has 0 radical (unpaired) electrons. The van der Waals surface area contributed by atoms with Gasteiger partial charge in [-0.05, 0) is 51.4 Å². The first-order valence-electron chi connectivity index (χ1n) is 38.2. The lowest BCUT2D eigenvalue weighted by molar-refractivity contribution is -0.161. The van der Waals surface area contributed by atoms with E-state index in [4.69, 9.17) is 9.47 Å². The molecule has 0 heterocycles. The summed E-state index contributed by atoms with van der Waals surface area (Å²) >= 11 is 0. The van der Waals surface area contributed by atoms with Crippen molar-refractivity contribution in [3.05, 3.63) is 48.6 Å². The minimum absolute atomic E-state index is 0.0583. The maximum atomic E-state index is 12.4. The first kappa shape index (κ1) is 81.9. The summed E-state index contributed by atoms with van der Waals surface area (Å²) in [5, 5.41) is 9.72. The average Bonchev–Trinajstić information content (AvgIpc) is 3.51. The molecule has 0 fully saturated rings. The first-order valence-corrected chi connectivity index (χ1v) is 38.2. The highest BCUT2D eigenvalue weighted by Crippen LogP contribution is 2.20. The highest BCUT2D eigenvalue weighted by Gasteiger charge is 2.16. The normalized spacial score (nSPS) is 12.4. The Kier molecular flexibility index (Phi) is 73.2. The Hall–Kier alpha value is -2.14. The Morgan fingerprint density at radius 2 is 0.512 bits per heavy atom. The van der Waals surface area contributed by atoms with E-state index in [1.165, 1.54) is 340 Å². The molecule has 494 valence electrons. The second-order valence-electron chi connectivity index (χ2n) is 26.1. The van der Waals surface area contributed by atoms with Gasteiger partial charge in [-0.3, -0.25) is 9.59 Å². The van der Waals surface area contributed by atoms with Crippen LogP contribution in [0.2, 0.25) is 0 Å². The molecule has 0 aromatic heterocycles. The summed E-state index contributed by atoms with van der Waals surface area (Å²) in [6.07, 6.45) is 102. The molecule has 0 rings (SSSR count). The molecule has 5 nitrogen and oxygen atoms in total. The molecule has 0 aliphatic rings. The Balaban J connectivity index is 3.36. The van der Waals surface area contributed by atoms with Gasteiger partial charge in [0.05, 0.1) is 6.61 Å². The van der Waals surface area contributed by atoms with Crippen molar-refractivity contribution < 1.29 is 24.2 Å². The molecule has 0 aromatic rings. The number of carbonyl (C=O) groups excluding carboxylic acids is 2. The maximum absolute atomic E-state index is 12.4. The van der Waals surface area contributed by atoms with E-state index < -0.39 is 6.10 Å². The van der Waals surface area contributed by atoms with Crippen molar-refractivity contribution in [2.75, 3.05) is 13.2 Å². The van der Waals surface area contributed by atoms with Gasteiger partial charge in [-0.2, -0.15) is 0 Å². The Labute approximate surface area is 526 Å². The van der Waals surface area contributed by atoms with Crippen LogP contribution in [0.3, 0.4) is 0 Å². The van der Waals surface area contributed by atoms with Crippen molar-refractivity contribution in [1.82, 2.24) is 0 Å². The lowest BCUT2D eigenvalue weighted by Gasteiger charge is -2.15. The summed E-state index contributed by atoms with van der Waals surface area (Å²) in [4.78, 5) is 24.7.